The van der Waals surface area contributed by atoms with Crippen molar-refractivity contribution in [3.05, 3.63) is 34.4 Å². The van der Waals surface area contributed by atoms with Crippen LogP contribution < -0.4 is 15.4 Å². The van der Waals surface area contributed by atoms with Gasteiger partial charge in [0.05, 0.1) is 10.7 Å². The lowest BCUT2D eigenvalue weighted by molar-refractivity contribution is -0.143. The van der Waals surface area contributed by atoms with Gasteiger partial charge in [-0.2, -0.15) is 18.3 Å². The van der Waals surface area contributed by atoms with Crippen molar-refractivity contribution in [2.75, 3.05) is 16.5 Å². The molecule has 2 heterocycles. The molecule has 1 aliphatic rings. The minimum atomic E-state index is -4.81. The molecule has 0 saturated heterocycles. The van der Waals surface area contributed by atoms with Crippen LogP contribution in [0.2, 0.25) is 5.02 Å². The van der Waals surface area contributed by atoms with E-state index in [0.717, 1.165) is 19.2 Å². The fourth-order valence-electron chi connectivity index (χ4n) is 2.63. The second-order valence-electron chi connectivity index (χ2n) is 5.66. The smallest absolute Gasteiger partial charge is 0.434 e. The average molecular weight is 441 g/mol. The van der Waals surface area contributed by atoms with E-state index in [-0.39, 0.29) is 17.1 Å². The molecule has 0 radical (unpaired) electrons. The summed E-state index contributed by atoms with van der Waals surface area (Å²) in [6.45, 7) is 0. The van der Waals surface area contributed by atoms with Crippen LogP contribution in [0, 0.1) is 5.82 Å². The molecule has 0 aliphatic carbocycles. The van der Waals surface area contributed by atoms with Crippen molar-refractivity contribution >= 4 is 46.4 Å². The lowest BCUT2D eigenvalue weighted by atomic mass is 10.1. The quantitative estimate of drug-likeness (QED) is 0.565. The first-order valence-electron chi connectivity index (χ1n) is 7.49. The number of halogens is 6. The second-order valence-corrected chi connectivity index (χ2v) is 6.31. The van der Waals surface area contributed by atoms with Gasteiger partial charge in [0.25, 0.3) is 5.91 Å². The van der Waals surface area contributed by atoms with E-state index in [0.29, 0.717) is 4.68 Å². The molecule has 1 aromatic carbocycles. The predicted octanol–water partition coefficient (Wildman–Crippen LogP) is 3.48. The molecular weight excluding hydrogens is 431 g/mol. The molecule has 1 aromatic heterocycles. The highest BCUT2D eigenvalue weighted by atomic mass is 35.5. The van der Waals surface area contributed by atoms with E-state index in [1.165, 1.54) is 0 Å². The minimum Gasteiger partial charge on any atom is -0.472 e. The van der Waals surface area contributed by atoms with Gasteiger partial charge in [0, 0.05) is 13.1 Å². The number of nitrogens with zero attached hydrogens (tertiary/aromatic N) is 2. The molecule has 28 heavy (non-hydrogen) atoms. The van der Waals surface area contributed by atoms with Gasteiger partial charge in [-0.1, -0.05) is 11.6 Å². The lowest BCUT2D eigenvalue weighted by Gasteiger charge is -2.26. The van der Waals surface area contributed by atoms with Crippen molar-refractivity contribution in [2.24, 2.45) is 7.05 Å². The molecule has 0 saturated carbocycles. The monoisotopic (exact) mass is 440 g/mol. The zero-order chi connectivity index (χ0) is 20.8. The van der Waals surface area contributed by atoms with Crippen molar-refractivity contribution in [1.82, 2.24) is 9.78 Å². The Kier molecular flexibility index (Phi) is 5.15. The maximum Gasteiger partial charge on any atom is 0.434 e. The molecule has 1 atom stereocenters. The molecule has 2 aromatic rings. The molecular formula is C15H10Cl2F4N4O3. The van der Waals surface area contributed by atoms with Gasteiger partial charge in [0.2, 0.25) is 12.0 Å². The molecule has 1 aliphatic heterocycles. The van der Waals surface area contributed by atoms with Crippen LogP contribution in [-0.2, 0) is 22.8 Å². The molecule has 7 nitrogen and oxygen atoms in total. The normalized spacial score (nSPS) is 16.2. The van der Waals surface area contributed by atoms with Crippen LogP contribution in [0.5, 0.6) is 5.75 Å². The minimum absolute atomic E-state index is 0.0794. The number of fused-ring (bicyclic) bond motifs is 1. The molecule has 13 heteroatoms. The van der Waals surface area contributed by atoms with E-state index in [4.69, 9.17) is 27.9 Å². The maximum absolute atomic E-state index is 13.9. The molecule has 2 N–H and O–H groups in total. The van der Waals surface area contributed by atoms with E-state index in [1.807, 2.05) is 0 Å². The molecule has 0 fully saturated rings. The van der Waals surface area contributed by atoms with Crippen molar-refractivity contribution in [3.8, 4) is 5.75 Å². The summed E-state index contributed by atoms with van der Waals surface area (Å²) in [5.74, 6) is -3.07. The maximum atomic E-state index is 13.9. The number of carbonyl (C=O) groups excluding carboxylic acids is 2. The van der Waals surface area contributed by atoms with Crippen molar-refractivity contribution in [2.45, 2.75) is 12.3 Å². The topological polar surface area (TPSA) is 85.2 Å². The highest BCUT2D eigenvalue weighted by Crippen LogP contribution is 2.44. The Morgan fingerprint density at radius 1 is 1.43 bits per heavy atom. The van der Waals surface area contributed by atoms with Crippen molar-refractivity contribution in [3.63, 3.8) is 0 Å². The summed E-state index contributed by atoms with van der Waals surface area (Å²) >= 11 is 11.2. The number of benzene rings is 1. The Bertz CT molecular complexity index is 977. The Labute approximate surface area is 164 Å². The van der Waals surface area contributed by atoms with Crippen LogP contribution in [0.3, 0.4) is 0 Å². The summed E-state index contributed by atoms with van der Waals surface area (Å²) in [4.78, 5) is 23.9. The number of carbonyl (C=O) groups is 2. The zero-order valence-corrected chi connectivity index (χ0v) is 15.3. The van der Waals surface area contributed by atoms with E-state index < -0.39 is 52.2 Å². The summed E-state index contributed by atoms with van der Waals surface area (Å²) in [6, 6.07) is 1.81. The van der Waals surface area contributed by atoms with Crippen LogP contribution >= 0.6 is 23.2 Å². The van der Waals surface area contributed by atoms with Crippen LogP contribution in [0.4, 0.5) is 28.9 Å². The number of anilines is 2. The third-order valence-electron chi connectivity index (χ3n) is 3.72. The van der Waals surface area contributed by atoms with Gasteiger partial charge in [-0.25, -0.2) is 4.39 Å². The molecule has 150 valence electrons. The van der Waals surface area contributed by atoms with Crippen LogP contribution in [0.25, 0.3) is 0 Å². The Hall–Kier alpha value is -2.53. The Morgan fingerprint density at radius 2 is 2.11 bits per heavy atom. The second kappa shape index (κ2) is 7.13. The van der Waals surface area contributed by atoms with Crippen LogP contribution in [0.15, 0.2) is 12.1 Å². The number of aryl methyl sites for hydroxylation is 1. The number of nitrogens with one attached hydrogen (secondary N) is 2. The molecule has 0 bridgehead atoms. The number of aromatic nitrogens is 2. The highest BCUT2D eigenvalue weighted by Gasteiger charge is 2.43. The van der Waals surface area contributed by atoms with E-state index in [1.54, 1.807) is 0 Å². The standard InChI is InChI=1S/C15H10Cl2F4N4O3/c1-25-13(15(19,20)21)9(17)11(24-25)12-14(27)23-10-6(22-8(26)4-16)2-5(18)3-7(10)28-12/h2-3,12H,4H2,1H3,(H,22,26)(H,23,27). The first kappa shape index (κ1) is 20.2. The summed E-state index contributed by atoms with van der Waals surface area (Å²) in [5, 5.41) is 7.44. The van der Waals surface area contributed by atoms with Gasteiger partial charge in [-0.05, 0) is 6.07 Å². The van der Waals surface area contributed by atoms with Gasteiger partial charge >= 0.3 is 6.18 Å². The molecule has 2 amide bonds. The number of hydrogen-bond acceptors (Lipinski definition) is 4. The number of amides is 2. The zero-order valence-electron chi connectivity index (χ0n) is 13.8. The highest BCUT2D eigenvalue weighted by molar-refractivity contribution is 6.32. The van der Waals surface area contributed by atoms with Gasteiger partial charge in [0.15, 0.2) is 5.69 Å². The third-order valence-corrected chi connectivity index (χ3v) is 4.34. The first-order chi connectivity index (χ1) is 13.0. The largest absolute Gasteiger partial charge is 0.472 e. The average Bonchev–Trinajstić information content (AvgIpc) is 2.89. The first-order valence-corrected chi connectivity index (χ1v) is 8.40. The van der Waals surface area contributed by atoms with Gasteiger partial charge in [-0.3, -0.25) is 14.3 Å². The number of hydrogen-bond donors (Lipinski definition) is 2. The van der Waals surface area contributed by atoms with Gasteiger partial charge in [-0.15, -0.1) is 11.6 Å². The lowest BCUT2D eigenvalue weighted by Crippen LogP contribution is -2.31. The summed E-state index contributed by atoms with van der Waals surface area (Å²) in [5.41, 5.74) is -1.96. The van der Waals surface area contributed by atoms with Gasteiger partial charge in [0.1, 0.15) is 28.8 Å². The number of rotatable bonds is 3. The molecule has 3 rings (SSSR count). The summed E-state index contributed by atoms with van der Waals surface area (Å²) in [6.07, 6.45) is -6.48. The van der Waals surface area contributed by atoms with E-state index >= 15 is 0 Å². The van der Waals surface area contributed by atoms with Crippen molar-refractivity contribution < 1.29 is 31.9 Å². The summed E-state index contributed by atoms with van der Waals surface area (Å²) in [7, 11) is 1.01. The van der Waals surface area contributed by atoms with E-state index in [9.17, 15) is 27.2 Å². The Morgan fingerprint density at radius 3 is 2.68 bits per heavy atom. The number of alkyl halides is 4. The molecule has 1 unspecified atom stereocenters. The van der Waals surface area contributed by atoms with Crippen LogP contribution in [0.1, 0.15) is 17.5 Å². The SMILES string of the molecule is Cn1nc(C2Oc3cc(F)cc(NC(=O)CCl)c3NC2=O)c(Cl)c1C(F)(F)F. The van der Waals surface area contributed by atoms with Gasteiger partial charge < -0.3 is 15.4 Å². The van der Waals surface area contributed by atoms with Crippen molar-refractivity contribution in [1.29, 1.82) is 0 Å². The summed E-state index contributed by atoms with van der Waals surface area (Å²) < 4.78 is 59.0. The molecule has 0 spiro atoms. The predicted molar refractivity (Wildman–Crippen MR) is 91.0 cm³/mol. The van der Waals surface area contributed by atoms with E-state index in [2.05, 4.69) is 15.7 Å². The Balaban J connectivity index is 2.03. The third kappa shape index (κ3) is 3.59. The fraction of sp³-hybridized carbons (Fsp3) is 0.267. The van der Waals surface area contributed by atoms with Crippen LogP contribution in [-0.4, -0.2) is 27.5 Å². The fourth-order valence-corrected chi connectivity index (χ4v) is 3.06. The number of ether oxygens (including phenoxy) is 1.